The summed E-state index contributed by atoms with van der Waals surface area (Å²) in [6.07, 6.45) is -5.33. The second kappa shape index (κ2) is 20.2. The van der Waals surface area contributed by atoms with Gasteiger partial charge in [0.05, 0.1) is 57.4 Å². The van der Waals surface area contributed by atoms with E-state index in [1.807, 2.05) is 121 Å². The zero-order valence-electron chi connectivity index (χ0n) is 32.2. The molecule has 0 radical (unpaired) electrons. The van der Waals surface area contributed by atoms with Gasteiger partial charge >= 0.3 is 0 Å². The van der Waals surface area contributed by atoms with Crippen LogP contribution in [0.25, 0.3) is 10.4 Å². The molecule has 13 nitrogen and oxygen atoms in total. The Labute approximate surface area is 333 Å². The number of carbonyl (C=O) groups is 1. The highest BCUT2D eigenvalue weighted by Gasteiger charge is 2.54. The molecule has 3 fully saturated rings. The Morgan fingerprint density at radius 1 is 0.789 bits per heavy atom. The third kappa shape index (κ3) is 10.5. The first-order valence-corrected chi connectivity index (χ1v) is 19.4. The second-order valence-electron chi connectivity index (χ2n) is 14.5. The highest BCUT2D eigenvalue weighted by molar-refractivity contribution is 5.73. The Hall–Kier alpha value is -4.66. The van der Waals surface area contributed by atoms with Crippen LogP contribution in [0.15, 0.2) is 126 Å². The van der Waals surface area contributed by atoms with E-state index in [9.17, 15) is 10.3 Å². The summed E-state index contributed by atoms with van der Waals surface area (Å²) in [5.74, 6) is -0.470. The molecule has 1 aliphatic carbocycles. The van der Waals surface area contributed by atoms with Gasteiger partial charge in [-0.25, -0.2) is 0 Å². The van der Waals surface area contributed by atoms with Crippen LogP contribution in [0.2, 0.25) is 0 Å². The lowest BCUT2D eigenvalue weighted by Crippen LogP contribution is -2.67. The molecule has 2 heterocycles. The summed E-state index contributed by atoms with van der Waals surface area (Å²) < 4.78 is 52.3. The number of carbonyl (C=O) groups excluding carboxylic acids is 1. The Bertz CT molecular complexity index is 1870. The molecule has 11 atom stereocenters. The van der Waals surface area contributed by atoms with E-state index in [1.54, 1.807) is 0 Å². The monoisotopic (exact) mass is 778 g/mol. The van der Waals surface area contributed by atoms with E-state index >= 15 is 0 Å². The molecular formula is C44H50N4O9. The van der Waals surface area contributed by atoms with Crippen LogP contribution in [0, 0.1) is 5.92 Å². The summed E-state index contributed by atoms with van der Waals surface area (Å²) in [5, 5.41) is 7.37. The highest BCUT2D eigenvalue weighted by atomic mass is 16.7. The zero-order chi connectivity index (χ0) is 39.4. The lowest BCUT2D eigenvalue weighted by Gasteiger charge is -2.51. The molecule has 0 spiro atoms. The van der Waals surface area contributed by atoms with Crippen LogP contribution < -0.4 is 5.32 Å². The van der Waals surface area contributed by atoms with Gasteiger partial charge in [-0.3, -0.25) is 4.79 Å². The minimum atomic E-state index is -0.888. The lowest BCUT2D eigenvalue weighted by molar-refractivity contribution is -0.311. The van der Waals surface area contributed by atoms with E-state index in [0.29, 0.717) is 19.6 Å². The number of fused-ring (bicyclic) bond motifs is 1. The number of nitrogens with zero attached hydrogens (tertiary/aromatic N) is 3. The predicted molar refractivity (Wildman–Crippen MR) is 209 cm³/mol. The van der Waals surface area contributed by atoms with Crippen LogP contribution in [0.1, 0.15) is 41.9 Å². The minimum Gasteiger partial charge on any atom is -0.374 e. The number of ether oxygens (including phenoxy) is 8. The molecule has 3 aliphatic rings. The van der Waals surface area contributed by atoms with E-state index in [4.69, 9.17) is 37.9 Å². The summed E-state index contributed by atoms with van der Waals surface area (Å²) >= 11 is 0. The van der Waals surface area contributed by atoms with Crippen molar-refractivity contribution in [3.05, 3.63) is 154 Å². The molecular weight excluding hydrogens is 729 g/mol. The molecule has 4 aromatic carbocycles. The fourth-order valence-corrected chi connectivity index (χ4v) is 7.90. The first-order valence-electron chi connectivity index (χ1n) is 19.4. The molecule has 1 amide bonds. The number of nitrogens with one attached hydrogen (secondary N) is 1. The van der Waals surface area contributed by atoms with E-state index in [2.05, 4.69) is 15.3 Å². The standard InChI is InChI=1S/C44H50N4O9/c1-29(49)46-38-42(53-26-32-19-11-5-12-20-32)40(36(56-44(38)50-2)28-51-24-30-15-7-3-8-16-30)55-35-23-34-27-54-43(33-21-13-6-14-22-33)57-39(34)41(37(35)47-48-45)52-25-31-17-9-4-10-18-31/h3-22,34-44H,23-28H2,1-2H3,(H,46,49)/t34-,35-,36-,37+,38-,39-,40-,41-,42-,43-,44-/m1/s1. The third-order valence-electron chi connectivity index (χ3n) is 10.6. The van der Waals surface area contributed by atoms with Crippen molar-refractivity contribution >= 4 is 5.91 Å². The normalized spacial score (nSPS) is 29.8. The van der Waals surface area contributed by atoms with E-state index in [-0.39, 0.29) is 31.6 Å². The Balaban J connectivity index is 1.22. The van der Waals surface area contributed by atoms with Crippen LogP contribution >= 0.6 is 0 Å². The number of amides is 1. The number of azide groups is 1. The van der Waals surface area contributed by atoms with Crippen LogP contribution in [0.4, 0.5) is 0 Å². The van der Waals surface area contributed by atoms with Crippen molar-refractivity contribution < 1.29 is 42.7 Å². The number of methoxy groups -OCH3 is 1. The SMILES string of the molecule is CO[C@@H]1O[C@H](COCc2ccccc2)[C@@H](O[C@@H]2C[C@@H]3CO[C@@H](c4ccccc4)O[C@H]3[C@H](OCc3ccccc3)[C@H]2N=[N+]=[N-])[C@H](OCc2ccccc2)[C@H]1NC(C)=O. The van der Waals surface area contributed by atoms with Gasteiger partial charge in [0.25, 0.3) is 0 Å². The molecule has 300 valence electrons. The highest BCUT2D eigenvalue weighted by Crippen LogP contribution is 2.42. The molecule has 13 heteroatoms. The summed E-state index contributed by atoms with van der Waals surface area (Å²) in [6.45, 7) is 2.71. The van der Waals surface area contributed by atoms with Gasteiger partial charge in [-0.2, -0.15) is 0 Å². The first kappa shape index (κ1) is 40.5. The average molecular weight is 779 g/mol. The van der Waals surface area contributed by atoms with Crippen molar-refractivity contribution in [1.82, 2.24) is 5.32 Å². The Morgan fingerprint density at radius 2 is 1.37 bits per heavy atom. The number of rotatable bonds is 16. The molecule has 2 saturated heterocycles. The molecule has 57 heavy (non-hydrogen) atoms. The summed E-state index contributed by atoms with van der Waals surface area (Å²) in [5.41, 5.74) is 13.8. The van der Waals surface area contributed by atoms with Crippen LogP contribution in [0.3, 0.4) is 0 Å². The van der Waals surface area contributed by atoms with Crippen molar-refractivity contribution in [3.63, 3.8) is 0 Å². The van der Waals surface area contributed by atoms with Crippen molar-refractivity contribution in [2.75, 3.05) is 20.3 Å². The summed E-state index contributed by atoms with van der Waals surface area (Å²) in [4.78, 5) is 16.0. The van der Waals surface area contributed by atoms with E-state index in [1.165, 1.54) is 14.0 Å². The zero-order valence-corrected chi connectivity index (χ0v) is 32.2. The van der Waals surface area contributed by atoms with Crippen molar-refractivity contribution in [2.24, 2.45) is 11.0 Å². The van der Waals surface area contributed by atoms with Gasteiger partial charge in [-0.1, -0.05) is 126 Å². The van der Waals surface area contributed by atoms with Gasteiger partial charge in [0.15, 0.2) is 12.6 Å². The molecule has 0 bridgehead atoms. The van der Waals surface area contributed by atoms with Gasteiger partial charge in [-0.05, 0) is 28.6 Å². The van der Waals surface area contributed by atoms with E-state index in [0.717, 1.165) is 22.3 Å². The summed E-state index contributed by atoms with van der Waals surface area (Å²) in [7, 11) is 1.52. The second-order valence-corrected chi connectivity index (χ2v) is 14.5. The predicted octanol–water partition coefficient (Wildman–Crippen LogP) is 6.82. The van der Waals surface area contributed by atoms with Crippen molar-refractivity contribution in [2.45, 2.75) is 94.5 Å². The van der Waals surface area contributed by atoms with Gasteiger partial charge in [0.1, 0.15) is 24.4 Å². The van der Waals surface area contributed by atoms with Crippen LogP contribution in [-0.2, 0) is 62.5 Å². The fraction of sp³-hybridized carbons (Fsp3) is 0.432. The molecule has 7 rings (SSSR count). The Kier molecular flexibility index (Phi) is 14.3. The Morgan fingerprint density at radius 3 is 1.95 bits per heavy atom. The lowest BCUT2D eigenvalue weighted by atomic mass is 9.78. The van der Waals surface area contributed by atoms with Gasteiger partial charge in [0, 0.05) is 30.4 Å². The van der Waals surface area contributed by atoms with Crippen molar-refractivity contribution in [3.8, 4) is 0 Å². The quantitative estimate of drug-likeness (QED) is 0.0734. The van der Waals surface area contributed by atoms with Gasteiger partial charge in [0.2, 0.25) is 5.91 Å². The smallest absolute Gasteiger partial charge is 0.217 e. The molecule has 1 saturated carbocycles. The average Bonchev–Trinajstić information content (AvgIpc) is 3.25. The maximum atomic E-state index is 12.7. The first-order chi connectivity index (χ1) is 28.0. The number of hydrogen-bond acceptors (Lipinski definition) is 10. The van der Waals surface area contributed by atoms with Crippen LogP contribution in [-0.4, -0.2) is 81.2 Å². The van der Waals surface area contributed by atoms with Gasteiger partial charge < -0.3 is 43.2 Å². The number of benzene rings is 4. The number of hydrogen-bond donors (Lipinski definition) is 1. The molecule has 4 aromatic rings. The largest absolute Gasteiger partial charge is 0.374 e. The maximum absolute atomic E-state index is 12.7. The van der Waals surface area contributed by atoms with E-state index < -0.39 is 61.3 Å². The minimum absolute atomic E-state index is 0.112. The maximum Gasteiger partial charge on any atom is 0.217 e. The topological polar surface area (TPSA) is 152 Å². The summed E-state index contributed by atoms with van der Waals surface area (Å²) in [6, 6.07) is 37.6. The molecule has 0 unspecified atom stereocenters. The fourth-order valence-electron chi connectivity index (χ4n) is 7.90. The van der Waals surface area contributed by atoms with Gasteiger partial charge in [-0.15, -0.1) is 0 Å². The molecule has 2 aliphatic heterocycles. The van der Waals surface area contributed by atoms with Crippen LogP contribution in [0.5, 0.6) is 0 Å². The third-order valence-corrected chi connectivity index (χ3v) is 10.6. The molecule has 0 aromatic heterocycles. The van der Waals surface area contributed by atoms with Crippen molar-refractivity contribution in [1.29, 1.82) is 0 Å². The molecule has 1 N–H and O–H groups in total.